The van der Waals surface area contributed by atoms with E-state index < -0.39 is 5.97 Å². The summed E-state index contributed by atoms with van der Waals surface area (Å²) in [7, 11) is 0. The van der Waals surface area contributed by atoms with Gasteiger partial charge in [-0.15, -0.1) is 0 Å². The van der Waals surface area contributed by atoms with Crippen LogP contribution in [0.25, 0.3) is 0 Å². The minimum Gasteiger partial charge on any atom is -0.478 e. The van der Waals surface area contributed by atoms with Crippen LogP contribution in [-0.2, 0) is 4.74 Å². The van der Waals surface area contributed by atoms with Gasteiger partial charge in [-0.3, -0.25) is 0 Å². The van der Waals surface area contributed by atoms with Gasteiger partial charge < -0.3 is 19.8 Å². The third-order valence-electron chi connectivity index (χ3n) is 2.87. The van der Waals surface area contributed by atoms with Crippen LogP contribution in [0.15, 0.2) is 22.7 Å². The van der Waals surface area contributed by atoms with Crippen LogP contribution in [0.3, 0.4) is 0 Å². The van der Waals surface area contributed by atoms with Crippen molar-refractivity contribution < 1.29 is 19.7 Å². The van der Waals surface area contributed by atoms with Crippen molar-refractivity contribution in [2.24, 2.45) is 0 Å². The highest BCUT2D eigenvalue weighted by Crippen LogP contribution is 2.26. The molecule has 0 radical (unpaired) electrons. The molecule has 18 heavy (non-hydrogen) atoms. The molecule has 1 aromatic carbocycles. The van der Waals surface area contributed by atoms with E-state index in [-0.39, 0.29) is 18.3 Å². The Kier molecular flexibility index (Phi) is 4.21. The molecule has 1 aliphatic rings. The maximum Gasteiger partial charge on any atom is 0.337 e. The van der Waals surface area contributed by atoms with Gasteiger partial charge in [0.15, 0.2) is 0 Å². The lowest BCUT2D eigenvalue weighted by Gasteiger charge is -2.34. The van der Waals surface area contributed by atoms with E-state index in [4.69, 9.17) is 9.84 Å². The molecular formula is C12H14BrNO4. The van der Waals surface area contributed by atoms with Gasteiger partial charge in [-0.1, -0.05) is 15.9 Å². The van der Waals surface area contributed by atoms with Crippen molar-refractivity contribution in [3.05, 3.63) is 28.2 Å². The molecule has 0 saturated carbocycles. The predicted octanol–water partition coefficient (Wildman–Crippen LogP) is 1.34. The molecule has 0 aromatic heterocycles. The Bertz CT molecular complexity index is 452. The maximum atomic E-state index is 11.2. The molecular weight excluding hydrogens is 302 g/mol. The zero-order valence-corrected chi connectivity index (χ0v) is 11.3. The number of ether oxygens (including phenoxy) is 1. The fraction of sp³-hybridized carbons (Fsp3) is 0.417. The highest BCUT2D eigenvalue weighted by molar-refractivity contribution is 9.10. The molecule has 1 fully saturated rings. The topological polar surface area (TPSA) is 70.0 Å². The van der Waals surface area contributed by atoms with Crippen LogP contribution in [0.5, 0.6) is 0 Å². The third kappa shape index (κ3) is 2.82. The van der Waals surface area contributed by atoms with Crippen molar-refractivity contribution >= 4 is 27.6 Å². The van der Waals surface area contributed by atoms with Gasteiger partial charge in [-0.2, -0.15) is 0 Å². The van der Waals surface area contributed by atoms with Crippen molar-refractivity contribution in [2.75, 3.05) is 31.2 Å². The molecule has 0 aliphatic carbocycles. The van der Waals surface area contributed by atoms with E-state index in [0.29, 0.717) is 25.4 Å². The van der Waals surface area contributed by atoms with E-state index in [2.05, 4.69) is 15.9 Å². The number of carboxylic acid groups (broad SMARTS) is 1. The Balaban J connectivity index is 2.29. The molecule has 1 heterocycles. The highest BCUT2D eigenvalue weighted by atomic mass is 79.9. The molecule has 1 atom stereocenters. The molecule has 1 saturated heterocycles. The molecule has 0 amide bonds. The second kappa shape index (κ2) is 5.69. The number of aliphatic hydroxyl groups is 1. The first-order valence-corrected chi connectivity index (χ1v) is 6.41. The van der Waals surface area contributed by atoms with Crippen molar-refractivity contribution in [3.63, 3.8) is 0 Å². The second-order valence-electron chi connectivity index (χ2n) is 4.09. The third-order valence-corrected chi connectivity index (χ3v) is 3.37. The summed E-state index contributed by atoms with van der Waals surface area (Å²) in [6.07, 6.45) is -0.260. The van der Waals surface area contributed by atoms with E-state index in [1.54, 1.807) is 12.1 Å². The van der Waals surface area contributed by atoms with E-state index in [1.807, 2.05) is 11.0 Å². The van der Waals surface area contributed by atoms with Crippen LogP contribution in [0.2, 0.25) is 0 Å². The van der Waals surface area contributed by atoms with Gasteiger partial charge in [0.1, 0.15) is 0 Å². The molecule has 0 spiro atoms. The SMILES string of the molecule is O=C(O)c1cc(Br)ccc1N1CCO[C@H](CO)C1. The zero-order chi connectivity index (χ0) is 13.1. The highest BCUT2D eigenvalue weighted by Gasteiger charge is 2.23. The summed E-state index contributed by atoms with van der Waals surface area (Å²) < 4.78 is 6.09. The second-order valence-corrected chi connectivity index (χ2v) is 5.00. The first-order chi connectivity index (χ1) is 8.61. The fourth-order valence-corrected chi connectivity index (χ4v) is 2.37. The maximum absolute atomic E-state index is 11.2. The van der Waals surface area contributed by atoms with Crippen molar-refractivity contribution in [1.29, 1.82) is 0 Å². The molecule has 6 heteroatoms. The number of carboxylic acids is 1. The Labute approximate surface area is 113 Å². The van der Waals surface area contributed by atoms with Crippen molar-refractivity contribution in [2.45, 2.75) is 6.10 Å². The zero-order valence-electron chi connectivity index (χ0n) is 9.67. The molecule has 5 nitrogen and oxygen atoms in total. The predicted molar refractivity (Wildman–Crippen MR) is 70.1 cm³/mol. The van der Waals surface area contributed by atoms with Crippen LogP contribution < -0.4 is 4.90 Å². The largest absolute Gasteiger partial charge is 0.478 e. The number of carbonyl (C=O) groups is 1. The number of morpholine rings is 1. The summed E-state index contributed by atoms with van der Waals surface area (Å²) in [4.78, 5) is 13.2. The van der Waals surface area contributed by atoms with E-state index >= 15 is 0 Å². The smallest absolute Gasteiger partial charge is 0.337 e. The quantitative estimate of drug-likeness (QED) is 0.881. The normalized spacial score (nSPS) is 19.9. The number of benzene rings is 1. The van der Waals surface area contributed by atoms with Crippen molar-refractivity contribution in [3.8, 4) is 0 Å². The Morgan fingerprint density at radius 2 is 2.33 bits per heavy atom. The first kappa shape index (κ1) is 13.3. The number of aromatic carboxylic acids is 1. The van der Waals surface area contributed by atoms with Gasteiger partial charge in [0, 0.05) is 17.6 Å². The van der Waals surface area contributed by atoms with Gasteiger partial charge in [0.2, 0.25) is 0 Å². The van der Waals surface area contributed by atoms with Crippen molar-refractivity contribution in [1.82, 2.24) is 0 Å². The summed E-state index contributed by atoms with van der Waals surface area (Å²) in [6, 6.07) is 5.17. The van der Waals surface area contributed by atoms with Crippen LogP contribution in [0, 0.1) is 0 Å². The van der Waals surface area contributed by atoms with E-state index in [9.17, 15) is 9.90 Å². The minimum atomic E-state index is -0.960. The molecule has 1 aromatic rings. The summed E-state index contributed by atoms with van der Waals surface area (Å²) >= 11 is 3.27. The lowest BCUT2D eigenvalue weighted by atomic mass is 10.1. The van der Waals surface area contributed by atoms with Gasteiger partial charge >= 0.3 is 5.97 Å². The summed E-state index contributed by atoms with van der Waals surface area (Å²) in [5, 5.41) is 18.3. The molecule has 1 aliphatic heterocycles. The molecule has 0 bridgehead atoms. The van der Waals surface area contributed by atoms with Gasteiger partial charge in [0.05, 0.1) is 30.6 Å². The number of anilines is 1. The lowest BCUT2D eigenvalue weighted by Crippen LogP contribution is -2.44. The van der Waals surface area contributed by atoms with Crippen LogP contribution in [0.4, 0.5) is 5.69 Å². The van der Waals surface area contributed by atoms with Gasteiger partial charge in [-0.25, -0.2) is 4.79 Å². The Morgan fingerprint density at radius 1 is 1.56 bits per heavy atom. The summed E-state index contributed by atoms with van der Waals surface area (Å²) in [5.74, 6) is -0.960. The van der Waals surface area contributed by atoms with E-state index in [0.717, 1.165) is 4.47 Å². The average Bonchev–Trinajstić information content (AvgIpc) is 2.38. The lowest BCUT2D eigenvalue weighted by molar-refractivity contribution is 0.00349. The monoisotopic (exact) mass is 315 g/mol. The summed E-state index contributed by atoms with van der Waals surface area (Å²) in [6.45, 7) is 1.55. The van der Waals surface area contributed by atoms with Gasteiger partial charge in [-0.05, 0) is 18.2 Å². The molecule has 0 unspecified atom stereocenters. The Hall–Kier alpha value is -1.11. The van der Waals surface area contributed by atoms with E-state index in [1.165, 1.54) is 0 Å². The van der Waals surface area contributed by atoms with Crippen LogP contribution in [0.1, 0.15) is 10.4 Å². The average molecular weight is 316 g/mol. The number of aliphatic hydroxyl groups excluding tert-OH is 1. The minimum absolute atomic E-state index is 0.0601. The number of nitrogens with zero attached hydrogens (tertiary/aromatic N) is 1. The molecule has 2 N–H and O–H groups in total. The number of hydrogen-bond acceptors (Lipinski definition) is 4. The Morgan fingerprint density at radius 3 is 3.00 bits per heavy atom. The van der Waals surface area contributed by atoms with Gasteiger partial charge in [0.25, 0.3) is 0 Å². The fourth-order valence-electron chi connectivity index (χ4n) is 2.00. The number of halogens is 1. The first-order valence-electron chi connectivity index (χ1n) is 5.62. The number of hydrogen-bond donors (Lipinski definition) is 2. The summed E-state index contributed by atoms with van der Waals surface area (Å²) in [5.41, 5.74) is 0.912. The number of rotatable bonds is 3. The molecule has 2 rings (SSSR count). The van der Waals surface area contributed by atoms with Crippen LogP contribution in [-0.4, -0.2) is 48.6 Å². The molecule has 98 valence electrons. The standard InChI is InChI=1S/C12H14BrNO4/c13-8-1-2-11(10(5-8)12(16)17)14-3-4-18-9(6-14)7-15/h1-2,5,9,15H,3-4,6-7H2,(H,16,17)/t9-/m0/s1. The van der Waals surface area contributed by atoms with Crippen LogP contribution >= 0.6 is 15.9 Å².